The molecule has 0 aliphatic rings. The maximum absolute atomic E-state index is 3.67. The van der Waals surface area contributed by atoms with Crippen LogP contribution in [0.25, 0.3) is 0 Å². The number of thioether (sulfide) groups is 1. The van der Waals surface area contributed by atoms with Gasteiger partial charge in [0.15, 0.2) is 0 Å². The van der Waals surface area contributed by atoms with Gasteiger partial charge in [-0.05, 0) is 50.3 Å². The summed E-state index contributed by atoms with van der Waals surface area (Å²) < 4.78 is 0. The highest BCUT2D eigenvalue weighted by molar-refractivity contribution is 7.98. The smallest absolute Gasteiger partial charge is 0.0297 e. The molecule has 1 N–H and O–H groups in total. The van der Waals surface area contributed by atoms with Crippen LogP contribution in [0, 0.1) is 6.92 Å². The highest BCUT2D eigenvalue weighted by atomic mass is 32.2. The Morgan fingerprint density at radius 3 is 2.15 bits per heavy atom. The SMILES string of the molecule is CSc1ccc(C(C)N[C@@H](C)c2cccc(C)c2)cc1. The molecule has 2 atom stereocenters. The van der Waals surface area contributed by atoms with Gasteiger partial charge in [0.1, 0.15) is 0 Å². The summed E-state index contributed by atoms with van der Waals surface area (Å²) >= 11 is 1.78. The van der Waals surface area contributed by atoms with E-state index < -0.39 is 0 Å². The largest absolute Gasteiger partial charge is 0.304 e. The fourth-order valence-electron chi connectivity index (χ4n) is 2.40. The molecule has 0 fully saturated rings. The van der Waals surface area contributed by atoms with Gasteiger partial charge in [-0.3, -0.25) is 0 Å². The first-order chi connectivity index (χ1) is 9.60. The molecule has 1 nitrogen and oxygen atoms in total. The quantitative estimate of drug-likeness (QED) is 0.764. The summed E-state index contributed by atoms with van der Waals surface area (Å²) in [7, 11) is 0. The molecule has 0 saturated carbocycles. The first kappa shape index (κ1) is 15.1. The van der Waals surface area contributed by atoms with E-state index in [1.807, 2.05) is 0 Å². The minimum atomic E-state index is 0.349. The number of aryl methyl sites for hydroxylation is 1. The lowest BCUT2D eigenvalue weighted by Gasteiger charge is -2.21. The van der Waals surface area contributed by atoms with Gasteiger partial charge in [0, 0.05) is 17.0 Å². The summed E-state index contributed by atoms with van der Waals surface area (Å²) in [4.78, 5) is 1.31. The Morgan fingerprint density at radius 1 is 0.900 bits per heavy atom. The maximum Gasteiger partial charge on any atom is 0.0297 e. The van der Waals surface area contributed by atoms with Gasteiger partial charge in [0.2, 0.25) is 0 Å². The van der Waals surface area contributed by atoms with Crippen LogP contribution >= 0.6 is 11.8 Å². The Balaban J connectivity index is 2.04. The van der Waals surface area contributed by atoms with Gasteiger partial charge in [0.05, 0.1) is 0 Å². The van der Waals surface area contributed by atoms with Gasteiger partial charge >= 0.3 is 0 Å². The summed E-state index contributed by atoms with van der Waals surface area (Å²) in [6.45, 7) is 6.59. The van der Waals surface area contributed by atoms with Crippen LogP contribution in [0.3, 0.4) is 0 Å². The third-order valence-electron chi connectivity index (χ3n) is 3.66. The van der Waals surface area contributed by atoms with Crippen molar-refractivity contribution in [2.45, 2.75) is 37.8 Å². The van der Waals surface area contributed by atoms with Crippen molar-refractivity contribution in [1.29, 1.82) is 0 Å². The zero-order valence-electron chi connectivity index (χ0n) is 12.7. The first-order valence-corrected chi connectivity index (χ1v) is 8.29. The van der Waals surface area contributed by atoms with Crippen LogP contribution in [0.15, 0.2) is 53.4 Å². The summed E-state index contributed by atoms with van der Waals surface area (Å²) in [5.74, 6) is 0. The number of hydrogen-bond donors (Lipinski definition) is 1. The van der Waals surface area contributed by atoms with Crippen molar-refractivity contribution in [1.82, 2.24) is 5.32 Å². The molecule has 0 bridgehead atoms. The highest BCUT2D eigenvalue weighted by Crippen LogP contribution is 2.22. The van der Waals surface area contributed by atoms with Gasteiger partial charge in [-0.25, -0.2) is 0 Å². The van der Waals surface area contributed by atoms with Crippen LogP contribution in [-0.2, 0) is 0 Å². The number of nitrogens with one attached hydrogen (secondary N) is 1. The molecule has 0 saturated heterocycles. The Morgan fingerprint density at radius 2 is 1.55 bits per heavy atom. The third-order valence-corrected chi connectivity index (χ3v) is 4.40. The predicted octanol–water partition coefficient (Wildman–Crippen LogP) is 5.13. The van der Waals surface area contributed by atoms with Crippen molar-refractivity contribution in [3.8, 4) is 0 Å². The van der Waals surface area contributed by atoms with Crippen LogP contribution in [0.1, 0.15) is 42.6 Å². The zero-order chi connectivity index (χ0) is 14.5. The van der Waals surface area contributed by atoms with E-state index >= 15 is 0 Å². The summed E-state index contributed by atoms with van der Waals surface area (Å²) in [5.41, 5.74) is 3.99. The van der Waals surface area contributed by atoms with E-state index in [2.05, 4.69) is 80.9 Å². The third kappa shape index (κ3) is 3.87. The van der Waals surface area contributed by atoms with Crippen molar-refractivity contribution in [3.05, 3.63) is 65.2 Å². The Kier molecular flexibility index (Phi) is 5.27. The van der Waals surface area contributed by atoms with Crippen molar-refractivity contribution < 1.29 is 0 Å². The number of hydrogen-bond acceptors (Lipinski definition) is 2. The molecule has 0 spiro atoms. The fraction of sp³-hybridized carbons (Fsp3) is 0.333. The minimum absolute atomic E-state index is 0.349. The average molecular weight is 285 g/mol. The predicted molar refractivity (Wildman–Crippen MR) is 89.4 cm³/mol. The van der Waals surface area contributed by atoms with E-state index in [1.165, 1.54) is 21.6 Å². The van der Waals surface area contributed by atoms with Crippen LogP contribution in [0.5, 0.6) is 0 Å². The molecule has 0 heterocycles. The standard InChI is InChI=1S/C18H23NS/c1-13-6-5-7-17(12-13)15(3)19-14(2)16-8-10-18(20-4)11-9-16/h5-12,14-15,19H,1-4H3/t14?,15-/m0/s1. The molecule has 0 radical (unpaired) electrons. The molecule has 20 heavy (non-hydrogen) atoms. The molecule has 0 aliphatic heterocycles. The molecule has 1 unspecified atom stereocenters. The summed E-state index contributed by atoms with van der Waals surface area (Å²) in [6.07, 6.45) is 2.11. The zero-order valence-corrected chi connectivity index (χ0v) is 13.5. The molecular formula is C18H23NS. The van der Waals surface area contributed by atoms with Crippen LogP contribution in [-0.4, -0.2) is 6.26 Å². The Hall–Kier alpha value is -1.25. The molecule has 0 aliphatic carbocycles. The van der Waals surface area contributed by atoms with E-state index in [1.54, 1.807) is 11.8 Å². The van der Waals surface area contributed by atoms with E-state index in [9.17, 15) is 0 Å². The molecule has 0 aromatic heterocycles. The van der Waals surface area contributed by atoms with E-state index in [-0.39, 0.29) is 0 Å². The molecule has 106 valence electrons. The van der Waals surface area contributed by atoms with E-state index in [4.69, 9.17) is 0 Å². The second-order valence-corrected chi connectivity index (χ2v) is 6.18. The Labute approximate surface area is 126 Å². The molecular weight excluding hydrogens is 262 g/mol. The summed E-state index contributed by atoms with van der Waals surface area (Å²) in [6, 6.07) is 18.2. The van der Waals surface area contributed by atoms with Crippen molar-refractivity contribution in [3.63, 3.8) is 0 Å². The normalized spacial score (nSPS) is 14.0. The molecule has 2 aromatic carbocycles. The molecule has 2 aromatic rings. The van der Waals surface area contributed by atoms with Crippen molar-refractivity contribution >= 4 is 11.8 Å². The monoisotopic (exact) mass is 285 g/mol. The minimum Gasteiger partial charge on any atom is -0.304 e. The maximum atomic E-state index is 3.67. The van der Waals surface area contributed by atoms with Crippen molar-refractivity contribution in [2.75, 3.05) is 6.26 Å². The lowest BCUT2D eigenvalue weighted by molar-refractivity contribution is 0.494. The summed E-state index contributed by atoms with van der Waals surface area (Å²) in [5, 5.41) is 3.67. The van der Waals surface area contributed by atoms with Gasteiger partial charge in [-0.2, -0.15) is 0 Å². The van der Waals surface area contributed by atoms with Crippen molar-refractivity contribution in [2.24, 2.45) is 0 Å². The van der Waals surface area contributed by atoms with Crippen LogP contribution in [0.4, 0.5) is 0 Å². The van der Waals surface area contributed by atoms with Gasteiger partial charge in [-0.15, -0.1) is 11.8 Å². The van der Waals surface area contributed by atoms with Gasteiger partial charge in [0.25, 0.3) is 0 Å². The topological polar surface area (TPSA) is 12.0 Å². The average Bonchev–Trinajstić information content (AvgIpc) is 2.47. The van der Waals surface area contributed by atoms with Gasteiger partial charge < -0.3 is 5.32 Å². The second-order valence-electron chi connectivity index (χ2n) is 5.30. The van der Waals surface area contributed by atoms with Crippen LogP contribution in [0.2, 0.25) is 0 Å². The van der Waals surface area contributed by atoms with E-state index in [0.29, 0.717) is 12.1 Å². The number of rotatable bonds is 5. The highest BCUT2D eigenvalue weighted by Gasteiger charge is 2.11. The van der Waals surface area contributed by atoms with E-state index in [0.717, 1.165) is 0 Å². The Bertz CT molecular complexity index is 548. The molecule has 2 rings (SSSR count). The van der Waals surface area contributed by atoms with Gasteiger partial charge in [-0.1, -0.05) is 42.0 Å². The lowest BCUT2D eigenvalue weighted by atomic mass is 10.0. The van der Waals surface area contributed by atoms with Crippen LogP contribution < -0.4 is 5.32 Å². The lowest BCUT2D eigenvalue weighted by Crippen LogP contribution is -2.22. The molecule has 2 heteroatoms. The fourth-order valence-corrected chi connectivity index (χ4v) is 2.81. The molecule has 0 amide bonds. The second kappa shape index (κ2) is 6.96. The number of benzene rings is 2. The first-order valence-electron chi connectivity index (χ1n) is 7.06.